The van der Waals surface area contributed by atoms with Crippen LogP contribution in [0.4, 0.5) is 5.82 Å². The Kier molecular flexibility index (Phi) is 6.75. The van der Waals surface area contributed by atoms with E-state index < -0.39 is 0 Å². The van der Waals surface area contributed by atoms with Crippen molar-refractivity contribution in [3.63, 3.8) is 0 Å². The van der Waals surface area contributed by atoms with Crippen molar-refractivity contribution in [3.05, 3.63) is 77.2 Å². The lowest BCUT2D eigenvalue weighted by atomic mass is 10.2. The number of hydrogen-bond acceptors (Lipinski definition) is 4. The average molecular weight is 398 g/mol. The fourth-order valence-electron chi connectivity index (χ4n) is 2.55. The second kappa shape index (κ2) is 9.66. The number of aromatic nitrogens is 3. The van der Waals surface area contributed by atoms with Crippen LogP contribution in [0.5, 0.6) is 0 Å². The molecule has 2 heterocycles. The molecule has 0 aliphatic heterocycles. The van der Waals surface area contributed by atoms with Crippen LogP contribution in [0.3, 0.4) is 0 Å². The molecule has 3 aromatic rings. The molecule has 2 aromatic heterocycles. The minimum atomic E-state index is -0.189. The van der Waals surface area contributed by atoms with Crippen LogP contribution in [0.1, 0.15) is 28.8 Å². The molecule has 2 amide bonds. The first-order valence-corrected chi connectivity index (χ1v) is 9.24. The van der Waals surface area contributed by atoms with Gasteiger partial charge >= 0.3 is 0 Å². The third kappa shape index (κ3) is 5.92. The second-order valence-corrected chi connectivity index (χ2v) is 6.61. The molecular formula is C20H20ClN5O2. The minimum Gasteiger partial charge on any atom is -0.352 e. The highest BCUT2D eigenvalue weighted by atomic mass is 35.5. The number of pyridine rings is 1. The largest absolute Gasteiger partial charge is 0.352 e. The molecule has 8 heteroatoms. The highest BCUT2D eigenvalue weighted by Gasteiger charge is 2.07. The first-order valence-electron chi connectivity index (χ1n) is 8.86. The molecule has 2 N–H and O–H groups in total. The predicted octanol–water partition coefficient (Wildman–Crippen LogP) is 3.13. The van der Waals surface area contributed by atoms with Gasteiger partial charge in [0.15, 0.2) is 5.82 Å². The van der Waals surface area contributed by atoms with Crippen LogP contribution in [0, 0.1) is 0 Å². The molecule has 1 aromatic carbocycles. The van der Waals surface area contributed by atoms with Gasteiger partial charge in [0.2, 0.25) is 5.91 Å². The molecule has 7 nitrogen and oxygen atoms in total. The number of halogens is 1. The summed E-state index contributed by atoms with van der Waals surface area (Å²) in [5.74, 6) is 0.165. The van der Waals surface area contributed by atoms with Crippen molar-refractivity contribution in [2.75, 3.05) is 11.9 Å². The number of nitrogens with zero attached hydrogens (tertiary/aromatic N) is 3. The summed E-state index contributed by atoms with van der Waals surface area (Å²) in [5.41, 5.74) is 1.56. The average Bonchev–Trinajstić information content (AvgIpc) is 3.13. The van der Waals surface area contributed by atoms with E-state index in [9.17, 15) is 9.59 Å². The Labute approximate surface area is 167 Å². The van der Waals surface area contributed by atoms with Crippen molar-refractivity contribution < 1.29 is 9.59 Å². The quantitative estimate of drug-likeness (QED) is 0.571. The maximum absolute atomic E-state index is 12.0. The van der Waals surface area contributed by atoms with Gasteiger partial charge in [-0.25, -0.2) is 0 Å². The standard InChI is InChI=1S/C20H20ClN5O2/c21-17-7-5-16(6-8-17)20(28)23-11-2-4-19(27)24-18-9-12-26(25-18)14-15-3-1-10-22-13-15/h1,3,5-10,12-13H,2,4,11,14H2,(H,23,28)(H,24,25,27). The number of hydrogen-bond donors (Lipinski definition) is 2. The molecule has 0 spiro atoms. The van der Waals surface area contributed by atoms with Gasteiger partial charge < -0.3 is 10.6 Å². The van der Waals surface area contributed by atoms with Gasteiger partial charge in [-0.2, -0.15) is 5.10 Å². The number of benzene rings is 1. The highest BCUT2D eigenvalue weighted by Crippen LogP contribution is 2.09. The van der Waals surface area contributed by atoms with Gasteiger partial charge in [-0.05, 0) is 42.3 Å². The number of anilines is 1. The summed E-state index contributed by atoms with van der Waals surface area (Å²) in [6.07, 6.45) is 6.11. The van der Waals surface area contributed by atoms with E-state index in [2.05, 4.69) is 20.7 Å². The Morgan fingerprint density at radius 3 is 2.68 bits per heavy atom. The van der Waals surface area contributed by atoms with Crippen molar-refractivity contribution in [1.82, 2.24) is 20.1 Å². The van der Waals surface area contributed by atoms with Crippen LogP contribution in [0.25, 0.3) is 0 Å². The van der Waals surface area contributed by atoms with E-state index in [0.717, 1.165) is 5.56 Å². The molecule has 0 unspecified atom stereocenters. The second-order valence-electron chi connectivity index (χ2n) is 6.17. The first kappa shape index (κ1) is 19.6. The van der Waals surface area contributed by atoms with E-state index in [-0.39, 0.29) is 18.2 Å². The maximum atomic E-state index is 12.0. The van der Waals surface area contributed by atoms with E-state index in [1.807, 2.05) is 12.1 Å². The van der Waals surface area contributed by atoms with Gasteiger partial charge in [0.1, 0.15) is 0 Å². The predicted molar refractivity (Wildman–Crippen MR) is 107 cm³/mol. The number of nitrogens with one attached hydrogen (secondary N) is 2. The van der Waals surface area contributed by atoms with E-state index >= 15 is 0 Å². The van der Waals surface area contributed by atoms with Gasteiger partial charge in [0, 0.05) is 48.2 Å². The van der Waals surface area contributed by atoms with Crippen molar-refractivity contribution in [2.24, 2.45) is 0 Å². The fourth-order valence-corrected chi connectivity index (χ4v) is 2.68. The summed E-state index contributed by atoms with van der Waals surface area (Å²) in [7, 11) is 0. The molecule has 0 saturated heterocycles. The fraction of sp³-hybridized carbons (Fsp3) is 0.200. The molecule has 3 rings (SSSR count). The summed E-state index contributed by atoms with van der Waals surface area (Å²) in [6.45, 7) is 0.991. The number of carbonyl (C=O) groups excluding carboxylic acids is 2. The lowest BCUT2D eigenvalue weighted by Crippen LogP contribution is -2.25. The lowest BCUT2D eigenvalue weighted by molar-refractivity contribution is -0.116. The van der Waals surface area contributed by atoms with E-state index in [1.54, 1.807) is 53.6 Å². The molecule has 0 atom stereocenters. The Morgan fingerprint density at radius 2 is 1.93 bits per heavy atom. The number of carbonyl (C=O) groups is 2. The number of amides is 2. The van der Waals surface area contributed by atoms with E-state index in [0.29, 0.717) is 35.9 Å². The molecule has 0 saturated carbocycles. The van der Waals surface area contributed by atoms with Crippen molar-refractivity contribution in [1.29, 1.82) is 0 Å². The summed E-state index contributed by atoms with van der Waals surface area (Å²) in [4.78, 5) is 28.1. The van der Waals surface area contributed by atoms with Crippen molar-refractivity contribution in [2.45, 2.75) is 19.4 Å². The van der Waals surface area contributed by atoms with Gasteiger partial charge in [0.25, 0.3) is 5.91 Å². The van der Waals surface area contributed by atoms with Gasteiger partial charge in [-0.1, -0.05) is 17.7 Å². The summed E-state index contributed by atoms with van der Waals surface area (Å²) in [6, 6.07) is 12.2. The van der Waals surface area contributed by atoms with E-state index in [1.165, 1.54) is 0 Å². The number of rotatable bonds is 8. The minimum absolute atomic E-state index is 0.146. The molecule has 0 fully saturated rings. The zero-order valence-corrected chi connectivity index (χ0v) is 15.9. The topological polar surface area (TPSA) is 88.9 Å². The zero-order valence-electron chi connectivity index (χ0n) is 15.1. The molecular weight excluding hydrogens is 378 g/mol. The maximum Gasteiger partial charge on any atom is 0.251 e. The Hall–Kier alpha value is -3.19. The molecule has 28 heavy (non-hydrogen) atoms. The summed E-state index contributed by atoms with van der Waals surface area (Å²) in [5, 5.41) is 10.4. The first-order chi connectivity index (χ1) is 13.6. The summed E-state index contributed by atoms with van der Waals surface area (Å²) < 4.78 is 1.74. The molecule has 0 bridgehead atoms. The highest BCUT2D eigenvalue weighted by molar-refractivity contribution is 6.30. The lowest BCUT2D eigenvalue weighted by Gasteiger charge is -2.06. The van der Waals surface area contributed by atoms with Crippen LogP contribution >= 0.6 is 11.6 Å². The van der Waals surface area contributed by atoms with Crippen LogP contribution in [0.2, 0.25) is 5.02 Å². The van der Waals surface area contributed by atoms with Crippen LogP contribution in [-0.2, 0) is 11.3 Å². The monoisotopic (exact) mass is 397 g/mol. The normalized spacial score (nSPS) is 10.5. The van der Waals surface area contributed by atoms with Crippen molar-refractivity contribution >= 4 is 29.2 Å². The van der Waals surface area contributed by atoms with Gasteiger partial charge in [0.05, 0.1) is 6.54 Å². The van der Waals surface area contributed by atoms with Crippen LogP contribution < -0.4 is 10.6 Å². The summed E-state index contributed by atoms with van der Waals surface area (Å²) >= 11 is 5.80. The van der Waals surface area contributed by atoms with Crippen molar-refractivity contribution in [3.8, 4) is 0 Å². The molecule has 0 radical (unpaired) electrons. The third-order valence-electron chi connectivity index (χ3n) is 3.95. The Balaban J connectivity index is 1.37. The molecule has 144 valence electrons. The van der Waals surface area contributed by atoms with Crippen LogP contribution in [-0.4, -0.2) is 33.1 Å². The SMILES string of the molecule is O=C(CCCNC(=O)c1ccc(Cl)cc1)Nc1ccn(Cc2cccnc2)n1. The third-order valence-corrected chi connectivity index (χ3v) is 4.20. The van der Waals surface area contributed by atoms with Gasteiger partial charge in [-0.15, -0.1) is 0 Å². The zero-order chi connectivity index (χ0) is 19.8. The Morgan fingerprint density at radius 1 is 1.11 bits per heavy atom. The van der Waals surface area contributed by atoms with E-state index in [4.69, 9.17) is 11.6 Å². The molecule has 0 aliphatic carbocycles. The molecule has 0 aliphatic rings. The van der Waals surface area contributed by atoms with Gasteiger partial charge in [-0.3, -0.25) is 19.3 Å². The smallest absolute Gasteiger partial charge is 0.251 e. The van der Waals surface area contributed by atoms with Crippen LogP contribution in [0.15, 0.2) is 61.1 Å². The Bertz CT molecular complexity index is 925.